The average molecular weight is 258 g/mol. The van der Waals surface area contributed by atoms with E-state index in [0.29, 0.717) is 11.0 Å². The largest absolute Gasteiger partial charge is 0.496 e. The molecule has 0 aliphatic heterocycles. The Morgan fingerprint density at radius 2 is 1.68 bits per heavy atom. The lowest BCUT2D eigenvalue weighted by Gasteiger charge is -2.08. The Balaban J connectivity index is 0.00000133. The number of aryl methyl sites for hydroxylation is 1. The molecule has 0 unspecified atom stereocenters. The van der Waals surface area contributed by atoms with Gasteiger partial charge < -0.3 is 14.6 Å². The van der Waals surface area contributed by atoms with Crippen LogP contribution in [0.2, 0.25) is 0 Å². The van der Waals surface area contributed by atoms with Crippen LogP contribution in [0.15, 0.2) is 45.6 Å². The molecule has 3 rings (SSSR count). The van der Waals surface area contributed by atoms with E-state index in [-0.39, 0.29) is 11.1 Å². The van der Waals surface area contributed by atoms with Crippen LogP contribution >= 0.6 is 0 Å². The van der Waals surface area contributed by atoms with Crippen molar-refractivity contribution >= 4 is 21.7 Å². The lowest BCUT2D eigenvalue weighted by Crippen LogP contribution is -2.01. The molecule has 0 fully saturated rings. The van der Waals surface area contributed by atoms with Crippen LogP contribution in [0.1, 0.15) is 5.56 Å². The maximum atomic E-state index is 11.9. The van der Waals surface area contributed by atoms with Crippen molar-refractivity contribution in [1.29, 1.82) is 0 Å². The van der Waals surface area contributed by atoms with Gasteiger partial charge in [0, 0.05) is 10.9 Å². The van der Waals surface area contributed by atoms with Crippen molar-refractivity contribution < 1.29 is 14.6 Å². The van der Waals surface area contributed by atoms with Crippen LogP contribution in [0.4, 0.5) is 0 Å². The highest BCUT2D eigenvalue weighted by atomic mass is 16.5. The molecule has 2 aromatic carbocycles. The van der Waals surface area contributed by atoms with Crippen molar-refractivity contribution in [2.24, 2.45) is 0 Å². The van der Waals surface area contributed by atoms with E-state index in [9.17, 15) is 4.79 Å². The summed E-state index contributed by atoms with van der Waals surface area (Å²) in [6.45, 7) is 1.89. The number of fused-ring (bicyclic) bond motifs is 3. The topological polar surface area (TPSA) is 70.9 Å². The smallest absolute Gasteiger partial charge is 0.344 e. The third-order valence-corrected chi connectivity index (χ3v) is 3.21. The molecule has 0 radical (unpaired) electrons. The molecule has 0 aliphatic carbocycles. The van der Waals surface area contributed by atoms with E-state index in [2.05, 4.69) is 0 Å². The van der Waals surface area contributed by atoms with Crippen LogP contribution in [-0.4, -0.2) is 12.6 Å². The molecule has 4 nitrogen and oxygen atoms in total. The predicted molar refractivity (Wildman–Crippen MR) is 74.9 cm³/mol. The second-order valence-corrected chi connectivity index (χ2v) is 4.20. The van der Waals surface area contributed by atoms with Gasteiger partial charge in [-0.3, -0.25) is 0 Å². The van der Waals surface area contributed by atoms with Gasteiger partial charge in [-0.05, 0) is 30.5 Å². The predicted octanol–water partition coefficient (Wildman–Crippen LogP) is 2.44. The third-order valence-electron chi connectivity index (χ3n) is 3.21. The molecule has 0 saturated carbocycles. The van der Waals surface area contributed by atoms with Crippen LogP contribution < -0.4 is 10.4 Å². The molecular weight excluding hydrogens is 244 g/mol. The van der Waals surface area contributed by atoms with E-state index in [1.807, 2.05) is 37.3 Å². The van der Waals surface area contributed by atoms with Crippen LogP contribution in [0.3, 0.4) is 0 Å². The van der Waals surface area contributed by atoms with Crippen LogP contribution in [0, 0.1) is 6.92 Å². The summed E-state index contributed by atoms with van der Waals surface area (Å²) in [5.74, 6) is 0.723. The van der Waals surface area contributed by atoms with E-state index in [1.54, 1.807) is 13.2 Å². The van der Waals surface area contributed by atoms with E-state index in [4.69, 9.17) is 9.15 Å². The minimum absolute atomic E-state index is 0. The normalized spacial score (nSPS) is 10.4. The molecule has 0 aliphatic rings. The first kappa shape index (κ1) is 13.1. The highest BCUT2D eigenvalue weighted by Crippen LogP contribution is 2.30. The van der Waals surface area contributed by atoms with Gasteiger partial charge in [0.1, 0.15) is 11.3 Å². The van der Waals surface area contributed by atoms with Crippen molar-refractivity contribution in [3.8, 4) is 5.75 Å². The Kier molecular flexibility index (Phi) is 3.27. The summed E-state index contributed by atoms with van der Waals surface area (Å²) < 4.78 is 10.7. The quantitative estimate of drug-likeness (QED) is 0.497. The molecule has 2 N–H and O–H groups in total. The van der Waals surface area contributed by atoms with Gasteiger partial charge in [0.15, 0.2) is 0 Å². The fourth-order valence-electron chi connectivity index (χ4n) is 2.28. The minimum atomic E-state index is -0.311. The second kappa shape index (κ2) is 4.74. The molecule has 1 aromatic heterocycles. The van der Waals surface area contributed by atoms with Crippen LogP contribution in [0.25, 0.3) is 21.7 Å². The third kappa shape index (κ3) is 1.86. The van der Waals surface area contributed by atoms with Gasteiger partial charge in [-0.2, -0.15) is 0 Å². The molecule has 4 heteroatoms. The number of ether oxygens (including phenoxy) is 1. The lowest BCUT2D eigenvalue weighted by molar-refractivity contribution is 0.411. The van der Waals surface area contributed by atoms with Gasteiger partial charge in [-0.15, -0.1) is 0 Å². The van der Waals surface area contributed by atoms with Gasteiger partial charge in [0.2, 0.25) is 0 Å². The Morgan fingerprint density at radius 3 is 2.37 bits per heavy atom. The SMILES string of the molecule is COc1ccc2c(oc(=O)c3ccccc32)c1C.O. The zero-order chi connectivity index (χ0) is 12.7. The number of rotatable bonds is 1. The highest BCUT2D eigenvalue weighted by molar-refractivity contribution is 6.05. The Morgan fingerprint density at radius 1 is 1.00 bits per heavy atom. The van der Waals surface area contributed by atoms with E-state index in [0.717, 1.165) is 22.1 Å². The fourth-order valence-corrected chi connectivity index (χ4v) is 2.28. The van der Waals surface area contributed by atoms with Crippen molar-refractivity contribution in [2.75, 3.05) is 7.11 Å². The number of hydrogen-bond donors (Lipinski definition) is 0. The first-order chi connectivity index (χ1) is 8.72. The summed E-state index contributed by atoms with van der Waals surface area (Å²) in [7, 11) is 1.60. The number of benzene rings is 2. The molecule has 3 aromatic rings. The van der Waals surface area contributed by atoms with Crippen LogP contribution in [-0.2, 0) is 0 Å². The minimum Gasteiger partial charge on any atom is -0.496 e. The monoisotopic (exact) mass is 258 g/mol. The van der Waals surface area contributed by atoms with E-state index >= 15 is 0 Å². The van der Waals surface area contributed by atoms with Crippen molar-refractivity contribution in [2.45, 2.75) is 6.92 Å². The molecule has 0 spiro atoms. The van der Waals surface area contributed by atoms with Gasteiger partial charge in [0.25, 0.3) is 0 Å². The molecule has 98 valence electrons. The summed E-state index contributed by atoms with van der Waals surface area (Å²) in [5, 5.41) is 2.45. The first-order valence-electron chi connectivity index (χ1n) is 5.71. The zero-order valence-corrected chi connectivity index (χ0v) is 10.7. The summed E-state index contributed by atoms with van der Waals surface area (Å²) in [5.41, 5.74) is 1.13. The lowest BCUT2D eigenvalue weighted by atomic mass is 10.0. The summed E-state index contributed by atoms with van der Waals surface area (Å²) >= 11 is 0. The zero-order valence-electron chi connectivity index (χ0n) is 10.7. The van der Waals surface area contributed by atoms with E-state index in [1.165, 1.54) is 0 Å². The molecule has 19 heavy (non-hydrogen) atoms. The maximum Gasteiger partial charge on any atom is 0.344 e. The Hall–Kier alpha value is -2.33. The highest BCUT2D eigenvalue weighted by Gasteiger charge is 2.11. The average Bonchev–Trinajstić information content (AvgIpc) is 2.41. The Labute approximate surface area is 109 Å². The maximum absolute atomic E-state index is 11.9. The molecule has 1 heterocycles. The van der Waals surface area contributed by atoms with Crippen LogP contribution in [0.5, 0.6) is 5.75 Å². The second-order valence-electron chi connectivity index (χ2n) is 4.20. The molecule has 0 amide bonds. The van der Waals surface area contributed by atoms with Gasteiger partial charge in [-0.25, -0.2) is 4.79 Å². The Bertz CT molecular complexity index is 802. The summed E-state index contributed by atoms with van der Waals surface area (Å²) in [6, 6.07) is 11.3. The molecule has 0 saturated heterocycles. The standard InChI is InChI=1S/C15H12O3.H2O/c1-9-13(17-2)8-7-11-10-5-3-4-6-12(10)15(16)18-14(9)11;/h3-8H,1-2H3;1H2. The fraction of sp³-hybridized carbons (Fsp3) is 0.133. The van der Waals surface area contributed by atoms with Crippen molar-refractivity contribution in [3.05, 3.63) is 52.4 Å². The molecular formula is C15H14O4. The number of methoxy groups -OCH3 is 1. The van der Waals surface area contributed by atoms with Crippen molar-refractivity contribution in [1.82, 2.24) is 0 Å². The van der Waals surface area contributed by atoms with Gasteiger partial charge >= 0.3 is 5.63 Å². The molecule has 0 bridgehead atoms. The van der Waals surface area contributed by atoms with E-state index < -0.39 is 0 Å². The van der Waals surface area contributed by atoms with Gasteiger partial charge in [-0.1, -0.05) is 18.2 Å². The van der Waals surface area contributed by atoms with Gasteiger partial charge in [0.05, 0.1) is 12.5 Å². The number of hydrogen-bond acceptors (Lipinski definition) is 3. The molecule has 0 atom stereocenters. The summed E-state index contributed by atoms with van der Waals surface area (Å²) in [6.07, 6.45) is 0. The van der Waals surface area contributed by atoms with Crippen molar-refractivity contribution in [3.63, 3.8) is 0 Å². The summed E-state index contributed by atoms with van der Waals surface area (Å²) in [4.78, 5) is 11.9. The first-order valence-corrected chi connectivity index (χ1v) is 5.71.